The number of hydrogen-bond donors (Lipinski definition) is 2. The van der Waals surface area contributed by atoms with Gasteiger partial charge in [-0.25, -0.2) is 4.39 Å². The first kappa shape index (κ1) is 15.1. The van der Waals surface area contributed by atoms with Crippen molar-refractivity contribution in [3.05, 3.63) is 11.6 Å². The Balaban J connectivity index is 1.73. The standard InChI is InChI=1S/C19H29FO2/c1-17-8-5-13(21)11-12(17)3-4-15-14(17)6-9-18(2)16(22)7-10-19(15,18)20/h3,13-16,21-22H,4-11H2,1-2H3/t13?,14-,15-,16?,17+,18-,19-/m1/s1. The fourth-order valence-corrected chi connectivity index (χ4v) is 6.53. The van der Waals surface area contributed by atoms with E-state index in [2.05, 4.69) is 13.0 Å². The first-order chi connectivity index (χ1) is 10.3. The molecular formula is C19H29FO2. The van der Waals surface area contributed by atoms with Crippen LogP contribution in [-0.2, 0) is 0 Å². The second kappa shape index (κ2) is 4.57. The largest absolute Gasteiger partial charge is 0.393 e. The molecule has 4 aliphatic carbocycles. The van der Waals surface area contributed by atoms with Gasteiger partial charge in [-0.05, 0) is 62.7 Å². The summed E-state index contributed by atoms with van der Waals surface area (Å²) in [7, 11) is 0. The maximum Gasteiger partial charge on any atom is 0.122 e. The van der Waals surface area contributed by atoms with Gasteiger partial charge in [-0.2, -0.15) is 0 Å². The molecular weight excluding hydrogens is 279 g/mol. The van der Waals surface area contributed by atoms with Crippen LogP contribution in [0.25, 0.3) is 0 Å². The molecule has 0 aromatic heterocycles. The Hall–Kier alpha value is -0.410. The van der Waals surface area contributed by atoms with Crippen LogP contribution in [0, 0.1) is 22.7 Å². The van der Waals surface area contributed by atoms with Gasteiger partial charge in [0.05, 0.1) is 12.2 Å². The molecule has 4 rings (SSSR count). The van der Waals surface area contributed by atoms with E-state index in [1.54, 1.807) is 0 Å². The molecule has 2 nitrogen and oxygen atoms in total. The molecule has 0 heterocycles. The molecule has 0 aliphatic heterocycles. The number of hydrogen-bond acceptors (Lipinski definition) is 2. The highest BCUT2D eigenvalue weighted by atomic mass is 19.1. The van der Waals surface area contributed by atoms with Gasteiger partial charge in [0.15, 0.2) is 0 Å². The van der Waals surface area contributed by atoms with Crippen molar-refractivity contribution in [1.29, 1.82) is 0 Å². The molecule has 3 saturated carbocycles. The van der Waals surface area contributed by atoms with Gasteiger partial charge in [-0.1, -0.05) is 25.5 Å². The van der Waals surface area contributed by atoms with Crippen molar-refractivity contribution in [2.75, 3.05) is 0 Å². The fourth-order valence-electron chi connectivity index (χ4n) is 6.53. The van der Waals surface area contributed by atoms with Gasteiger partial charge < -0.3 is 10.2 Å². The van der Waals surface area contributed by atoms with E-state index < -0.39 is 17.2 Å². The van der Waals surface area contributed by atoms with E-state index >= 15 is 4.39 Å². The van der Waals surface area contributed by atoms with Crippen LogP contribution in [0.4, 0.5) is 4.39 Å². The normalized spacial score (nSPS) is 57.6. The second-order valence-electron chi connectivity index (χ2n) is 8.87. The Bertz CT molecular complexity index is 518. The molecule has 0 saturated heterocycles. The molecule has 4 aliphatic rings. The summed E-state index contributed by atoms with van der Waals surface area (Å²) in [5, 5.41) is 20.4. The third kappa shape index (κ3) is 1.67. The zero-order valence-corrected chi connectivity index (χ0v) is 13.8. The van der Waals surface area contributed by atoms with E-state index in [0.717, 1.165) is 38.5 Å². The lowest BCUT2D eigenvalue weighted by atomic mass is 9.47. The number of aliphatic hydroxyl groups excluding tert-OH is 2. The number of fused-ring (bicyclic) bond motifs is 5. The van der Waals surface area contributed by atoms with Crippen LogP contribution in [0.5, 0.6) is 0 Å². The molecule has 2 unspecified atom stereocenters. The van der Waals surface area contributed by atoms with Crippen molar-refractivity contribution in [2.24, 2.45) is 22.7 Å². The molecule has 3 heteroatoms. The molecule has 2 N–H and O–H groups in total. The smallest absolute Gasteiger partial charge is 0.122 e. The average molecular weight is 308 g/mol. The predicted octanol–water partition coefficient (Wildman–Crippen LogP) is 3.76. The van der Waals surface area contributed by atoms with Crippen LogP contribution in [0.15, 0.2) is 11.6 Å². The van der Waals surface area contributed by atoms with Crippen molar-refractivity contribution >= 4 is 0 Å². The zero-order valence-electron chi connectivity index (χ0n) is 13.8. The molecule has 0 amide bonds. The van der Waals surface area contributed by atoms with Crippen LogP contribution >= 0.6 is 0 Å². The van der Waals surface area contributed by atoms with E-state index in [1.165, 1.54) is 5.57 Å². The van der Waals surface area contributed by atoms with E-state index in [4.69, 9.17) is 0 Å². The summed E-state index contributed by atoms with van der Waals surface area (Å²) in [5.41, 5.74) is -0.324. The van der Waals surface area contributed by atoms with Gasteiger partial charge in [0.25, 0.3) is 0 Å². The molecule has 0 radical (unpaired) electrons. The van der Waals surface area contributed by atoms with Crippen LogP contribution in [0.1, 0.15) is 65.2 Å². The summed E-state index contributed by atoms with van der Waals surface area (Å²) in [6, 6.07) is 0. The van der Waals surface area contributed by atoms with Crippen LogP contribution in [-0.4, -0.2) is 28.1 Å². The Kier molecular flexibility index (Phi) is 3.14. The molecule has 0 spiro atoms. The Morgan fingerprint density at radius 3 is 2.59 bits per heavy atom. The molecule has 0 bridgehead atoms. The molecule has 3 fully saturated rings. The quantitative estimate of drug-likeness (QED) is 0.669. The SMILES string of the molecule is C[C@]12CCC(O)CC1=CC[C@@H]1[C@H]2CC[C@]2(C)C(O)CC[C@@]12F. The minimum absolute atomic E-state index is 0.0485. The maximum atomic E-state index is 16.1. The van der Waals surface area contributed by atoms with Gasteiger partial charge in [0, 0.05) is 11.3 Å². The highest BCUT2D eigenvalue weighted by Gasteiger charge is 2.67. The van der Waals surface area contributed by atoms with Gasteiger partial charge >= 0.3 is 0 Å². The second-order valence-corrected chi connectivity index (χ2v) is 8.87. The Morgan fingerprint density at radius 1 is 1.05 bits per heavy atom. The van der Waals surface area contributed by atoms with Gasteiger partial charge in [0.1, 0.15) is 5.67 Å². The van der Waals surface area contributed by atoms with Gasteiger partial charge in [-0.3, -0.25) is 0 Å². The molecule has 124 valence electrons. The molecule has 0 aromatic rings. The van der Waals surface area contributed by atoms with E-state index in [9.17, 15) is 10.2 Å². The number of rotatable bonds is 0. The van der Waals surface area contributed by atoms with Crippen LogP contribution in [0.2, 0.25) is 0 Å². The summed E-state index contributed by atoms with van der Waals surface area (Å²) in [6.45, 7) is 4.28. The minimum atomic E-state index is -1.21. The lowest BCUT2D eigenvalue weighted by molar-refractivity contribution is -0.146. The van der Waals surface area contributed by atoms with E-state index in [-0.39, 0.29) is 17.4 Å². The topological polar surface area (TPSA) is 40.5 Å². The van der Waals surface area contributed by atoms with Crippen LogP contribution < -0.4 is 0 Å². The van der Waals surface area contributed by atoms with Gasteiger partial charge in [-0.15, -0.1) is 0 Å². The molecule has 22 heavy (non-hydrogen) atoms. The van der Waals surface area contributed by atoms with Crippen molar-refractivity contribution in [1.82, 2.24) is 0 Å². The van der Waals surface area contributed by atoms with Crippen molar-refractivity contribution < 1.29 is 14.6 Å². The van der Waals surface area contributed by atoms with E-state index in [0.29, 0.717) is 18.8 Å². The first-order valence-corrected chi connectivity index (χ1v) is 9.06. The zero-order chi connectivity index (χ0) is 15.8. The Morgan fingerprint density at radius 2 is 1.82 bits per heavy atom. The minimum Gasteiger partial charge on any atom is -0.393 e. The molecule has 0 aromatic carbocycles. The number of alkyl halides is 1. The highest BCUT2D eigenvalue weighted by Crippen LogP contribution is 2.67. The first-order valence-electron chi connectivity index (χ1n) is 9.06. The lowest BCUT2D eigenvalue weighted by Gasteiger charge is -2.59. The average Bonchev–Trinajstić information content (AvgIpc) is 2.72. The van der Waals surface area contributed by atoms with Gasteiger partial charge in [0.2, 0.25) is 0 Å². The summed E-state index contributed by atoms with van der Waals surface area (Å²) in [6.07, 6.45) is 7.90. The number of allylic oxidation sites excluding steroid dienone is 1. The summed E-state index contributed by atoms with van der Waals surface area (Å²) in [4.78, 5) is 0. The summed E-state index contributed by atoms with van der Waals surface area (Å²) in [5.74, 6) is 0.427. The predicted molar refractivity (Wildman–Crippen MR) is 84.1 cm³/mol. The van der Waals surface area contributed by atoms with Crippen molar-refractivity contribution in [3.63, 3.8) is 0 Å². The summed E-state index contributed by atoms with van der Waals surface area (Å²) < 4.78 is 16.1. The third-order valence-electron chi connectivity index (χ3n) is 8.14. The third-order valence-corrected chi connectivity index (χ3v) is 8.14. The lowest BCUT2D eigenvalue weighted by Crippen LogP contribution is -2.59. The fraction of sp³-hybridized carbons (Fsp3) is 0.895. The molecule has 7 atom stereocenters. The highest BCUT2D eigenvalue weighted by molar-refractivity contribution is 5.28. The Labute approximate surface area is 132 Å². The monoisotopic (exact) mass is 308 g/mol. The summed E-state index contributed by atoms with van der Waals surface area (Å²) >= 11 is 0. The van der Waals surface area contributed by atoms with Crippen LogP contribution in [0.3, 0.4) is 0 Å². The number of halogens is 1. The van der Waals surface area contributed by atoms with Crippen molar-refractivity contribution in [2.45, 2.75) is 83.1 Å². The van der Waals surface area contributed by atoms with Crippen molar-refractivity contribution in [3.8, 4) is 0 Å². The number of aliphatic hydroxyl groups is 2. The maximum absolute atomic E-state index is 16.1. The van der Waals surface area contributed by atoms with E-state index in [1.807, 2.05) is 6.92 Å².